The molecule has 0 bridgehead atoms. The van der Waals surface area contributed by atoms with Crippen LogP contribution in [0.3, 0.4) is 0 Å². The number of ether oxygens (including phenoxy) is 1. The Hall–Kier alpha value is -0.170. The first kappa shape index (κ1) is 15.2. The highest BCUT2D eigenvalue weighted by Gasteiger charge is 2.27. The Morgan fingerprint density at radius 3 is 2.74 bits per heavy atom. The van der Waals surface area contributed by atoms with E-state index < -0.39 is 9.84 Å². The van der Waals surface area contributed by atoms with Crippen LogP contribution in [-0.4, -0.2) is 70.3 Å². The average Bonchev–Trinajstić information content (AvgIpc) is 2.41. The average molecular weight is 290 g/mol. The normalized spacial score (nSPS) is 28.3. The molecule has 112 valence electrons. The molecule has 2 fully saturated rings. The van der Waals surface area contributed by atoms with Gasteiger partial charge in [-0.3, -0.25) is 4.90 Å². The summed E-state index contributed by atoms with van der Waals surface area (Å²) in [5.74, 6) is 0.382. The van der Waals surface area contributed by atoms with E-state index >= 15 is 0 Å². The standard InChI is InChI=1S/C13H26N2O3S/c16-19(17)11-2-1-4-13(19)12-14-5-3-6-15-7-9-18-10-8-15/h13-14H,1-12H2. The summed E-state index contributed by atoms with van der Waals surface area (Å²) in [6, 6.07) is 0. The van der Waals surface area contributed by atoms with Crippen LogP contribution in [0, 0.1) is 0 Å². The van der Waals surface area contributed by atoms with Gasteiger partial charge in [-0.25, -0.2) is 8.42 Å². The van der Waals surface area contributed by atoms with E-state index in [0.29, 0.717) is 12.3 Å². The van der Waals surface area contributed by atoms with Crippen molar-refractivity contribution in [2.45, 2.75) is 30.9 Å². The Labute approximate surface area is 116 Å². The van der Waals surface area contributed by atoms with Crippen LogP contribution >= 0.6 is 0 Å². The zero-order valence-electron chi connectivity index (χ0n) is 11.6. The lowest BCUT2D eigenvalue weighted by Crippen LogP contribution is -2.40. The maximum Gasteiger partial charge on any atom is 0.154 e. The van der Waals surface area contributed by atoms with E-state index in [0.717, 1.165) is 65.1 Å². The number of hydrogen-bond donors (Lipinski definition) is 1. The van der Waals surface area contributed by atoms with Crippen molar-refractivity contribution in [3.8, 4) is 0 Å². The van der Waals surface area contributed by atoms with E-state index in [9.17, 15) is 8.42 Å². The molecule has 0 aromatic carbocycles. The molecule has 19 heavy (non-hydrogen) atoms. The number of nitrogens with one attached hydrogen (secondary N) is 1. The summed E-state index contributed by atoms with van der Waals surface area (Å²) < 4.78 is 29.0. The Morgan fingerprint density at radius 1 is 1.21 bits per heavy atom. The van der Waals surface area contributed by atoms with Gasteiger partial charge < -0.3 is 10.1 Å². The Balaban J connectivity index is 1.56. The number of hydrogen-bond acceptors (Lipinski definition) is 5. The second-order valence-electron chi connectivity index (χ2n) is 5.50. The molecule has 2 aliphatic rings. The SMILES string of the molecule is O=S1(=O)CCCCC1CNCCCN1CCOCC1. The first-order chi connectivity index (χ1) is 9.18. The molecule has 2 saturated heterocycles. The van der Waals surface area contributed by atoms with Crippen molar-refractivity contribution in [2.24, 2.45) is 0 Å². The van der Waals surface area contributed by atoms with Gasteiger partial charge in [0, 0.05) is 19.6 Å². The quantitative estimate of drug-likeness (QED) is 0.711. The van der Waals surface area contributed by atoms with Crippen molar-refractivity contribution >= 4 is 9.84 Å². The van der Waals surface area contributed by atoms with Crippen LogP contribution in [-0.2, 0) is 14.6 Å². The van der Waals surface area contributed by atoms with E-state index in [4.69, 9.17) is 4.74 Å². The molecular weight excluding hydrogens is 264 g/mol. The minimum atomic E-state index is -2.82. The Kier molecular flexibility index (Phi) is 6.06. The Morgan fingerprint density at radius 2 is 2.00 bits per heavy atom. The minimum absolute atomic E-state index is 0.148. The summed E-state index contributed by atoms with van der Waals surface area (Å²) >= 11 is 0. The lowest BCUT2D eigenvalue weighted by molar-refractivity contribution is 0.0374. The topological polar surface area (TPSA) is 58.6 Å². The second-order valence-corrected chi connectivity index (χ2v) is 7.90. The molecule has 0 saturated carbocycles. The van der Waals surface area contributed by atoms with E-state index in [-0.39, 0.29) is 5.25 Å². The molecule has 0 amide bonds. The van der Waals surface area contributed by atoms with Gasteiger partial charge in [-0.15, -0.1) is 0 Å². The van der Waals surface area contributed by atoms with Gasteiger partial charge in [-0.1, -0.05) is 6.42 Å². The summed E-state index contributed by atoms with van der Waals surface area (Å²) in [5, 5.41) is 3.16. The summed E-state index contributed by atoms with van der Waals surface area (Å²) in [6.45, 7) is 6.35. The predicted molar refractivity (Wildman–Crippen MR) is 76.2 cm³/mol. The molecule has 2 aliphatic heterocycles. The molecule has 5 nitrogen and oxygen atoms in total. The van der Waals surface area contributed by atoms with Crippen LogP contribution < -0.4 is 5.32 Å². The zero-order chi connectivity index (χ0) is 13.6. The van der Waals surface area contributed by atoms with Gasteiger partial charge in [-0.05, 0) is 32.4 Å². The van der Waals surface area contributed by atoms with Gasteiger partial charge in [0.05, 0.1) is 24.2 Å². The van der Waals surface area contributed by atoms with Crippen molar-refractivity contribution in [3.63, 3.8) is 0 Å². The van der Waals surface area contributed by atoms with Crippen molar-refractivity contribution in [2.75, 3.05) is 51.7 Å². The predicted octanol–water partition coefficient (Wildman–Crippen LogP) is 0.266. The fraction of sp³-hybridized carbons (Fsp3) is 1.00. The van der Waals surface area contributed by atoms with Gasteiger partial charge in [-0.2, -0.15) is 0 Å². The van der Waals surface area contributed by atoms with Crippen molar-refractivity contribution < 1.29 is 13.2 Å². The fourth-order valence-corrected chi connectivity index (χ4v) is 4.60. The molecule has 0 spiro atoms. The van der Waals surface area contributed by atoms with Crippen LogP contribution in [0.15, 0.2) is 0 Å². The third kappa shape index (κ3) is 5.02. The third-order valence-corrected chi connectivity index (χ3v) is 6.29. The van der Waals surface area contributed by atoms with E-state index in [1.54, 1.807) is 0 Å². The smallest absolute Gasteiger partial charge is 0.154 e. The highest BCUT2D eigenvalue weighted by atomic mass is 32.2. The number of sulfone groups is 1. The highest BCUT2D eigenvalue weighted by molar-refractivity contribution is 7.92. The van der Waals surface area contributed by atoms with Crippen molar-refractivity contribution in [3.05, 3.63) is 0 Å². The van der Waals surface area contributed by atoms with Crippen LogP contribution in [0.25, 0.3) is 0 Å². The van der Waals surface area contributed by atoms with Gasteiger partial charge in [0.25, 0.3) is 0 Å². The fourth-order valence-electron chi connectivity index (χ4n) is 2.77. The van der Waals surface area contributed by atoms with Crippen LogP contribution in [0.4, 0.5) is 0 Å². The second kappa shape index (κ2) is 7.57. The van der Waals surface area contributed by atoms with E-state index in [1.165, 1.54) is 0 Å². The number of morpholine rings is 1. The number of nitrogens with zero attached hydrogens (tertiary/aromatic N) is 1. The maximum absolute atomic E-state index is 11.8. The zero-order valence-corrected chi connectivity index (χ0v) is 12.5. The maximum atomic E-state index is 11.8. The minimum Gasteiger partial charge on any atom is -0.379 e. The summed E-state index contributed by atoms with van der Waals surface area (Å²) in [4.78, 5) is 2.41. The largest absolute Gasteiger partial charge is 0.379 e. The molecule has 0 aromatic heterocycles. The van der Waals surface area contributed by atoms with Crippen molar-refractivity contribution in [1.29, 1.82) is 0 Å². The lowest BCUT2D eigenvalue weighted by Gasteiger charge is -2.26. The van der Waals surface area contributed by atoms with Gasteiger partial charge in [0.15, 0.2) is 9.84 Å². The molecule has 1 unspecified atom stereocenters. The van der Waals surface area contributed by atoms with E-state index in [1.807, 2.05) is 0 Å². The van der Waals surface area contributed by atoms with Crippen LogP contribution in [0.2, 0.25) is 0 Å². The first-order valence-corrected chi connectivity index (χ1v) is 9.12. The Bertz CT molecular complexity index is 353. The monoisotopic (exact) mass is 290 g/mol. The molecule has 2 rings (SSSR count). The number of rotatable bonds is 6. The van der Waals surface area contributed by atoms with Crippen LogP contribution in [0.5, 0.6) is 0 Å². The molecule has 6 heteroatoms. The summed E-state index contributed by atoms with van der Waals surface area (Å²) in [7, 11) is -2.82. The molecule has 0 aromatic rings. The molecular formula is C13H26N2O3S. The molecule has 0 radical (unpaired) electrons. The van der Waals surface area contributed by atoms with Crippen LogP contribution in [0.1, 0.15) is 25.7 Å². The summed E-state index contributed by atoms with van der Waals surface area (Å²) in [5.41, 5.74) is 0. The molecule has 1 atom stereocenters. The molecule has 0 aliphatic carbocycles. The molecule has 2 heterocycles. The third-order valence-electron chi connectivity index (χ3n) is 4.02. The first-order valence-electron chi connectivity index (χ1n) is 7.41. The van der Waals surface area contributed by atoms with Gasteiger partial charge in [0.1, 0.15) is 0 Å². The van der Waals surface area contributed by atoms with Crippen molar-refractivity contribution in [1.82, 2.24) is 10.2 Å². The molecule has 1 N–H and O–H groups in total. The van der Waals surface area contributed by atoms with E-state index in [2.05, 4.69) is 10.2 Å². The van der Waals surface area contributed by atoms with Gasteiger partial charge >= 0.3 is 0 Å². The summed E-state index contributed by atoms with van der Waals surface area (Å²) in [6.07, 6.45) is 3.81. The van der Waals surface area contributed by atoms with Gasteiger partial charge in [0.2, 0.25) is 0 Å². The highest BCUT2D eigenvalue weighted by Crippen LogP contribution is 2.18. The lowest BCUT2D eigenvalue weighted by atomic mass is 10.2.